The third-order valence-corrected chi connectivity index (χ3v) is 2.79. The zero-order valence-electron chi connectivity index (χ0n) is 9.31. The predicted molar refractivity (Wildman–Crippen MR) is 80.0 cm³/mol. The van der Waals surface area contributed by atoms with Gasteiger partial charge in [0.15, 0.2) is 10.7 Å². The fourth-order valence-corrected chi connectivity index (χ4v) is 2.03. The molecule has 0 atom stereocenters. The topological polar surface area (TPSA) is 80.6 Å². The van der Waals surface area contributed by atoms with E-state index in [1.54, 1.807) is 0 Å². The van der Waals surface area contributed by atoms with Crippen molar-refractivity contribution in [3.8, 4) is 0 Å². The van der Waals surface area contributed by atoms with Crippen LogP contribution in [0.5, 0.6) is 0 Å². The van der Waals surface area contributed by atoms with Crippen LogP contribution in [0.25, 0.3) is 11.0 Å². The molecule has 0 bridgehead atoms. The van der Waals surface area contributed by atoms with Gasteiger partial charge in [0, 0.05) is 5.02 Å². The van der Waals surface area contributed by atoms with Gasteiger partial charge in [-0.3, -0.25) is 10.2 Å². The SMILES string of the molecule is NC(=S)N/N=C/c1coc2c(Cl)cc(Cl)cc2c1=O. The Balaban J connectivity index is 2.55. The number of fused-ring (bicyclic) bond motifs is 1. The van der Waals surface area contributed by atoms with Crippen LogP contribution in [0.2, 0.25) is 10.0 Å². The van der Waals surface area contributed by atoms with E-state index in [9.17, 15) is 4.79 Å². The highest BCUT2D eigenvalue weighted by Crippen LogP contribution is 2.25. The first-order valence-electron chi connectivity index (χ1n) is 4.98. The Morgan fingerprint density at radius 3 is 2.89 bits per heavy atom. The highest BCUT2D eigenvalue weighted by molar-refractivity contribution is 7.80. The second-order valence-electron chi connectivity index (χ2n) is 3.52. The van der Waals surface area contributed by atoms with Crippen molar-refractivity contribution in [3.05, 3.63) is 44.2 Å². The van der Waals surface area contributed by atoms with E-state index in [4.69, 9.17) is 33.4 Å². The smallest absolute Gasteiger partial charge is 0.201 e. The van der Waals surface area contributed by atoms with Gasteiger partial charge in [0.05, 0.1) is 22.2 Å². The summed E-state index contributed by atoms with van der Waals surface area (Å²) in [5.41, 5.74) is 7.72. The number of halogens is 2. The van der Waals surface area contributed by atoms with Crippen molar-refractivity contribution in [2.75, 3.05) is 0 Å². The lowest BCUT2D eigenvalue weighted by molar-refractivity contribution is 0.601. The maximum atomic E-state index is 12.1. The lowest BCUT2D eigenvalue weighted by Gasteiger charge is -2.01. The lowest BCUT2D eigenvalue weighted by Crippen LogP contribution is -2.24. The van der Waals surface area contributed by atoms with Crippen LogP contribution in [-0.4, -0.2) is 11.3 Å². The number of hydrogen-bond donors (Lipinski definition) is 2. The summed E-state index contributed by atoms with van der Waals surface area (Å²) in [6.07, 6.45) is 2.49. The van der Waals surface area contributed by atoms with Crippen LogP contribution in [0.4, 0.5) is 0 Å². The monoisotopic (exact) mass is 315 g/mol. The third kappa shape index (κ3) is 3.04. The van der Waals surface area contributed by atoms with Crippen molar-refractivity contribution in [3.63, 3.8) is 0 Å². The largest absolute Gasteiger partial charge is 0.462 e. The Morgan fingerprint density at radius 2 is 2.21 bits per heavy atom. The van der Waals surface area contributed by atoms with Crippen molar-refractivity contribution < 1.29 is 4.42 Å². The molecule has 0 amide bonds. The molecule has 19 heavy (non-hydrogen) atoms. The standard InChI is InChI=1S/C11H7Cl2N3O2S/c12-6-1-7-9(17)5(3-15-16-11(14)19)4-18-10(7)8(13)2-6/h1-4H,(H3,14,16,19)/b15-3+. The molecule has 8 heteroatoms. The number of rotatable bonds is 2. The summed E-state index contributed by atoms with van der Waals surface area (Å²) >= 11 is 16.4. The predicted octanol–water partition coefficient (Wildman–Crippen LogP) is 2.27. The molecule has 0 aliphatic heterocycles. The molecule has 2 rings (SSSR count). The van der Waals surface area contributed by atoms with Gasteiger partial charge in [-0.05, 0) is 24.4 Å². The summed E-state index contributed by atoms with van der Waals surface area (Å²) < 4.78 is 5.29. The number of nitrogens with two attached hydrogens (primary N) is 1. The average molecular weight is 316 g/mol. The van der Waals surface area contributed by atoms with Crippen LogP contribution >= 0.6 is 35.4 Å². The summed E-state index contributed by atoms with van der Waals surface area (Å²) in [6, 6.07) is 2.98. The van der Waals surface area contributed by atoms with E-state index in [0.29, 0.717) is 5.02 Å². The number of nitrogens with one attached hydrogen (secondary N) is 1. The minimum absolute atomic E-state index is 0.00693. The molecule has 0 saturated heterocycles. The van der Waals surface area contributed by atoms with Crippen LogP contribution in [0.3, 0.4) is 0 Å². The molecule has 0 spiro atoms. The molecule has 5 nitrogen and oxygen atoms in total. The highest BCUT2D eigenvalue weighted by atomic mass is 35.5. The number of nitrogens with zero attached hydrogens (tertiary/aromatic N) is 1. The highest BCUT2D eigenvalue weighted by Gasteiger charge is 2.10. The summed E-state index contributed by atoms with van der Waals surface area (Å²) in [6.45, 7) is 0. The fraction of sp³-hybridized carbons (Fsp3) is 0. The van der Waals surface area contributed by atoms with Gasteiger partial charge in [-0.25, -0.2) is 0 Å². The molecule has 1 aromatic carbocycles. The third-order valence-electron chi connectivity index (χ3n) is 2.20. The molecule has 3 N–H and O–H groups in total. The van der Waals surface area contributed by atoms with Gasteiger partial charge in [0.25, 0.3) is 0 Å². The maximum Gasteiger partial charge on any atom is 0.201 e. The summed E-state index contributed by atoms with van der Waals surface area (Å²) in [4.78, 5) is 12.1. The summed E-state index contributed by atoms with van der Waals surface area (Å²) in [5.74, 6) is 0. The zero-order valence-corrected chi connectivity index (χ0v) is 11.6. The Labute approximate surface area is 123 Å². The van der Waals surface area contributed by atoms with E-state index < -0.39 is 0 Å². The molecule has 98 valence electrons. The molecule has 2 aromatic rings. The molecule has 0 aliphatic rings. The quantitative estimate of drug-likeness (QED) is 0.505. The Bertz CT molecular complexity index is 743. The molecule has 0 aliphatic carbocycles. The van der Waals surface area contributed by atoms with E-state index in [2.05, 4.69) is 22.7 Å². The van der Waals surface area contributed by atoms with E-state index in [-0.39, 0.29) is 32.1 Å². The van der Waals surface area contributed by atoms with Gasteiger partial charge in [-0.1, -0.05) is 23.2 Å². The van der Waals surface area contributed by atoms with Crippen molar-refractivity contribution in [2.45, 2.75) is 0 Å². The van der Waals surface area contributed by atoms with Crippen LogP contribution in [0.1, 0.15) is 5.56 Å². The van der Waals surface area contributed by atoms with Crippen molar-refractivity contribution in [1.29, 1.82) is 0 Å². The van der Waals surface area contributed by atoms with Crippen molar-refractivity contribution in [1.82, 2.24) is 5.43 Å². The molecule has 1 aromatic heterocycles. The molecule has 0 radical (unpaired) electrons. The number of hydrogen-bond acceptors (Lipinski definition) is 4. The fourth-order valence-electron chi connectivity index (χ4n) is 1.43. The lowest BCUT2D eigenvalue weighted by atomic mass is 10.2. The zero-order chi connectivity index (χ0) is 14.0. The van der Waals surface area contributed by atoms with Crippen molar-refractivity contribution in [2.24, 2.45) is 10.8 Å². The molecule has 1 heterocycles. The normalized spacial score (nSPS) is 11.1. The molecule has 0 fully saturated rings. The summed E-state index contributed by atoms with van der Waals surface area (Å²) in [7, 11) is 0. The molecule has 0 saturated carbocycles. The second kappa shape index (κ2) is 5.56. The first-order chi connectivity index (χ1) is 8.99. The van der Waals surface area contributed by atoms with Crippen LogP contribution in [-0.2, 0) is 0 Å². The minimum Gasteiger partial charge on any atom is -0.462 e. The van der Waals surface area contributed by atoms with Gasteiger partial charge in [-0.2, -0.15) is 5.10 Å². The Kier molecular flexibility index (Phi) is 4.04. The van der Waals surface area contributed by atoms with Gasteiger partial charge in [-0.15, -0.1) is 0 Å². The van der Waals surface area contributed by atoms with E-state index in [1.807, 2.05) is 0 Å². The Morgan fingerprint density at radius 1 is 1.47 bits per heavy atom. The van der Waals surface area contributed by atoms with Crippen LogP contribution in [0.15, 0.2) is 32.7 Å². The van der Waals surface area contributed by atoms with Crippen LogP contribution in [0, 0.1) is 0 Å². The number of benzene rings is 1. The second-order valence-corrected chi connectivity index (χ2v) is 4.80. The van der Waals surface area contributed by atoms with Gasteiger partial charge >= 0.3 is 0 Å². The van der Waals surface area contributed by atoms with Gasteiger partial charge in [0.2, 0.25) is 5.43 Å². The van der Waals surface area contributed by atoms with Gasteiger partial charge in [0.1, 0.15) is 6.26 Å². The number of hydrazone groups is 1. The van der Waals surface area contributed by atoms with Gasteiger partial charge < -0.3 is 10.2 Å². The molecular weight excluding hydrogens is 309 g/mol. The molecular formula is C11H7Cl2N3O2S. The van der Waals surface area contributed by atoms with Crippen LogP contribution < -0.4 is 16.6 Å². The number of thiocarbonyl (C=S) groups is 1. The van der Waals surface area contributed by atoms with E-state index in [1.165, 1.54) is 24.6 Å². The Hall–Kier alpha value is -1.63. The first kappa shape index (κ1) is 13.8. The molecule has 0 unspecified atom stereocenters. The van der Waals surface area contributed by atoms with Crippen molar-refractivity contribution >= 4 is 57.7 Å². The van der Waals surface area contributed by atoms with E-state index >= 15 is 0 Å². The first-order valence-corrected chi connectivity index (χ1v) is 6.14. The minimum atomic E-state index is -0.306. The van der Waals surface area contributed by atoms with E-state index in [0.717, 1.165) is 0 Å². The maximum absolute atomic E-state index is 12.1. The average Bonchev–Trinajstić information content (AvgIpc) is 2.32. The summed E-state index contributed by atoms with van der Waals surface area (Å²) in [5, 5.41) is 4.57.